The maximum absolute atomic E-state index is 13.5. The van der Waals surface area contributed by atoms with Gasteiger partial charge >= 0.3 is 0 Å². The van der Waals surface area contributed by atoms with Crippen LogP contribution in [0.15, 0.2) is 41.3 Å². The molecule has 2 aliphatic heterocycles. The van der Waals surface area contributed by atoms with Gasteiger partial charge < -0.3 is 20.1 Å². The van der Waals surface area contributed by atoms with E-state index in [1.54, 1.807) is 13.0 Å². The molecular formula is C25H31N3O6S. The highest BCUT2D eigenvalue weighted by Crippen LogP contribution is 2.35. The Kier molecular flexibility index (Phi) is 7.32. The third-order valence-corrected chi connectivity index (χ3v) is 8.05. The molecule has 0 aromatic heterocycles. The number of nitrogens with zero attached hydrogens (tertiary/aromatic N) is 1. The predicted molar refractivity (Wildman–Crippen MR) is 131 cm³/mol. The number of anilines is 1. The maximum atomic E-state index is 13.5. The molecule has 1 fully saturated rings. The molecule has 9 nitrogen and oxygen atoms in total. The first kappa shape index (κ1) is 25.0. The average molecular weight is 502 g/mol. The maximum Gasteiger partial charge on any atom is 0.262 e. The summed E-state index contributed by atoms with van der Waals surface area (Å²) in [6.45, 7) is 6.26. The van der Waals surface area contributed by atoms with Crippen molar-refractivity contribution in [3.05, 3.63) is 47.5 Å². The zero-order valence-electron chi connectivity index (χ0n) is 20.2. The number of nitrogens with one attached hydrogen (secondary N) is 2. The third-order valence-electron chi connectivity index (χ3n) is 6.04. The minimum absolute atomic E-state index is 0.0876. The van der Waals surface area contributed by atoms with Gasteiger partial charge in [0.2, 0.25) is 15.9 Å². The van der Waals surface area contributed by atoms with E-state index in [2.05, 4.69) is 10.6 Å². The number of carbonyl (C=O) groups excluding carboxylic acids is 2. The first-order valence-corrected chi connectivity index (χ1v) is 13.2. The molecule has 1 saturated heterocycles. The molecule has 4 rings (SSSR count). The summed E-state index contributed by atoms with van der Waals surface area (Å²) in [6.07, 6.45) is 1.30. The number of aryl methyl sites for hydroxylation is 1. The van der Waals surface area contributed by atoms with Gasteiger partial charge in [0.15, 0.2) is 6.61 Å². The lowest BCUT2D eigenvalue weighted by Crippen LogP contribution is -2.45. The molecular weight excluding hydrogens is 470 g/mol. The number of rotatable bonds is 7. The standard InChI is InChI=1S/C25H31N3O6S/c1-16(2)34-20-8-6-18(7-9-20)13-26-25(30)19-5-4-10-28(14-19)35(31,32)23-12-22-21(11-17(23)3)27-24(29)15-33-22/h6-9,11-12,16,19H,4-5,10,13-15H2,1-3H3,(H,26,30)(H,27,29)/t19-/m0/s1. The van der Waals surface area contributed by atoms with Crippen LogP contribution in [0.1, 0.15) is 37.8 Å². The molecule has 0 saturated carbocycles. The Balaban J connectivity index is 1.41. The van der Waals surface area contributed by atoms with Crippen LogP contribution in [0.4, 0.5) is 5.69 Å². The summed E-state index contributed by atoms with van der Waals surface area (Å²) in [6, 6.07) is 10.6. The summed E-state index contributed by atoms with van der Waals surface area (Å²) in [5, 5.41) is 5.62. The summed E-state index contributed by atoms with van der Waals surface area (Å²) < 4.78 is 39.3. The number of hydrogen-bond donors (Lipinski definition) is 2. The molecule has 1 atom stereocenters. The lowest BCUT2D eigenvalue weighted by molar-refractivity contribution is -0.126. The largest absolute Gasteiger partial charge is 0.491 e. The third kappa shape index (κ3) is 5.76. The van der Waals surface area contributed by atoms with Crippen molar-refractivity contribution in [1.82, 2.24) is 9.62 Å². The Bertz CT molecular complexity index is 1210. The average Bonchev–Trinajstić information content (AvgIpc) is 2.82. The lowest BCUT2D eigenvalue weighted by atomic mass is 9.99. The van der Waals surface area contributed by atoms with E-state index in [4.69, 9.17) is 9.47 Å². The van der Waals surface area contributed by atoms with Crippen LogP contribution in [0.3, 0.4) is 0 Å². The fourth-order valence-corrected chi connectivity index (χ4v) is 6.04. The van der Waals surface area contributed by atoms with Gasteiger partial charge in [0.25, 0.3) is 5.91 Å². The molecule has 2 aromatic rings. The van der Waals surface area contributed by atoms with Gasteiger partial charge in [0.1, 0.15) is 11.5 Å². The van der Waals surface area contributed by atoms with Crippen LogP contribution in [-0.4, -0.2) is 50.3 Å². The smallest absolute Gasteiger partial charge is 0.262 e. The minimum Gasteiger partial charge on any atom is -0.491 e. The summed E-state index contributed by atoms with van der Waals surface area (Å²) in [5.74, 6) is 0.215. The topological polar surface area (TPSA) is 114 Å². The zero-order valence-corrected chi connectivity index (χ0v) is 21.0. The Morgan fingerprint density at radius 1 is 1.26 bits per heavy atom. The van der Waals surface area contributed by atoms with E-state index in [-0.39, 0.29) is 36.0 Å². The monoisotopic (exact) mass is 501 g/mol. The van der Waals surface area contributed by atoms with Crippen LogP contribution in [0.2, 0.25) is 0 Å². The van der Waals surface area contributed by atoms with Crippen molar-refractivity contribution in [3.8, 4) is 11.5 Å². The van der Waals surface area contributed by atoms with Crippen LogP contribution < -0.4 is 20.1 Å². The molecule has 0 aliphatic carbocycles. The van der Waals surface area contributed by atoms with Crippen LogP contribution in [0, 0.1) is 12.8 Å². The number of fused-ring (bicyclic) bond motifs is 1. The highest BCUT2D eigenvalue weighted by atomic mass is 32.2. The van der Waals surface area contributed by atoms with Gasteiger partial charge in [-0.1, -0.05) is 12.1 Å². The van der Waals surface area contributed by atoms with Crippen LogP contribution in [-0.2, 0) is 26.2 Å². The van der Waals surface area contributed by atoms with E-state index in [9.17, 15) is 18.0 Å². The number of benzene rings is 2. The molecule has 188 valence electrons. The van der Waals surface area contributed by atoms with E-state index in [1.807, 2.05) is 38.1 Å². The molecule has 35 heavy (non-hydrogen) atoms. The first-order valence-electron chi connectivity index (χ1n) is 11.7. The quantitative estimate of drug-likeness (QED) is 0.603. The molecule has 2 aromatic carbocycles. The molecule has 0 radical (unpaired) electrons. The fourth-order valence-electron chi connectivity index (χ4n) is 4.30. The summed E-state index contributed by atoms with van der Waals surface area (Å²) in [5.41, 5.74) is 1.90. The number of carbonyl (C=O) groups is 2. The molecule has 10 heteroatoms. The molecule has 0 bridgehead atoms. The SMILES string of the molecule is Cc1cc2c(cc1S(=O)(=O)N1CCC[C@H](C(=O)NCc3ccc(OC(C)C)cc3)C1)OCC(=O)N2. The number of amides is 2. The van der Waals surface area contributed by atoms with E-state index in [1.165, 1.54) is 10.4 Å². The van der Waals surface area contributed by atoms with Crippen molar-refractivity contribution >= 4 is 27.5 Å². The second-order valence-corrected chi connectivity index (χ2v) is 11.1. The van der Waals surface area contributed by atoms with E-state index in [0.29, 0.717) is 42.9 Å². The number of hydrogen-bond acceptors (Lipinski definition) is 6. The lowest BCUT2D eigenvalue weighted by Gasteiger charge is -2.32. The predicted octanol–water partition coefficient (Wildman–Crippen LogP) is 2.83. The van der Waals surface area contributed by atoms with E-state index >= 15 is 0 Å². The zero-order chi connectivity index (χ0) is 25.2. The van der Waals surface area contributed by atoms with Gasteiger partial charge in [0, 0.05) is 25.7 Å². The van der Waals surface area contributed by atoms with Crippen molar-refractivity contribution in [2.45, 2.75) is 51.2 Å². The Labute approximate surface area is 205 Å². The minimum atomic E-state index is -3.84. The van der Waals surface area contributed by atoms with Crippen molar-refractivity contribution in [1.29, 1.82) is 0 Å². The van der Waals surface area contributed by atoms with Crippen LogP contribution in [0.5, 0.6) is 11.5 Å². The molecule has 0 unspecified atom stereocenters. The fraction of sp³-hybridized carbons (Fsp3) is 0.440. The molecule has 2 heterocycles. The number of sulfonamides is 1. The van der Waals surface area contributed by atoms with Gasteiger partial charge in [0.05, 0.1) is 22.6 Å². The molecule has 0 spiro atoms. The highest BCUT2D eigenvalue weighted by molar-refractivity contribution is 7.89. The van der Waals surface area contributed by atoms with Gasteiger partial charge in [-0.25, -0.2) is 8.42 Å². The molecule has 2 N–H and O–H groups in total. The van der Waals surface area contributed by atoms with E-state index in [0.717, 1.165) is 11.3 Å². The highest BCUT2D eigenvalue weighted by Gasteiger charge is 2.35. The van der Waals surface area contributed by atoms with Gasteiger partial charge in [-0.2, -0.15) is 4.31 Å². The summed E-state index contributed by atoms with van der Waals surface area (Å²) >= 11 is 0. The molecule has 2 aliphatic rings. The molecule has 2 amide bonds. The van der Waals surface area contributed by atoms with Crippen molar-refractivity contribution in [2.75, 3.05) is 25.0 Å². The van der Waals surface area contributed by atoms with Crippen LogP contribution in [0.25, 0.3) is 0 Å². The van der Waals surface area contributed by atoms with Crippen molar-refractivity contribution in [2.24, 2.45) is 5.92 Å². The van der Waals surface area contributed by atoms with Crippen molar-refractivity contribution in [3.63, 3.8) is 0 Å². The first-order chi connectivity index (χ1) is 16.6. The summed E-state index contributed by atoms with van der Waals surface area (Å²) in [4.78, 5) is 24.5. The summed E-state index contributed by atoms with van der Waals surface area (Å²) in [7, 11) is -3.84. The van der Waals surface area contributed by atoms with Gasteiger partial charge in [-0.15, -0.1) is 0 Å². The second kappa shape index (κ2) is 10.2. The Morgan fingerprint density at radius 3 is 2.71 bits per heavy atom. The van der Waals surface area contributed by atoms with Crippen LogP contribution >= 0.6 is 0 Å². The number of piperidine rings is 1. The van der Waals surface area contributed by atoms with E-state index < -0.39 is 15.9 Å². The Hall–Kier alpha value is -3.11. The number of ether oxygens (including phenoxy) is 2. The Morgan fingerprint density at radius 2 is 2.00 bits per heavy atom. The van der Waals surface area contributed by atoms with Gasteiger partial charge in [-0.05, 0) is 62.9 Å². The van der Waals surface area contributed by atoms with Gasteiger partial charge in [-0.3, -0.25) is 9.59 Å². The van der Waals surface area contributed by atoms with Crippen molar-refractivity contribution < 1.29 is 27.5 Å². The normalized spacial score (nSPS) is 18.4. The second-order valence-electron chi connectivity index (χ2n) is 9.18.